The zero-order valence-corrected chi connectivity index (χ0v) is 13.9. The van der Waals surface area contributed by atoms with Crippen molar-refractivity contribution in [1.82, 2.24) is 5.43 Å². The van der Waals surface area contributed by atoms with Crippen molar-refractivity contribution in [2.75, 3.05) is 5.32 Å². The first-order chi connectivity index (χ1) is 12.2. The summed E-state index contributed by atoms with van der Waals surface area (Å²) in [4.78, 5) is 23.7. The van der Waals surface area contributed by atoms with Crippen LogP contribution in [-0.2, 0) is 11.2 Å². The molecule has 0 spiro atoms. The lowest BCUT2D eigenvalue weighted by molar-refractivity contribution is -0.117. The van der Waals surface area contributed by atoms with Crippen LogP contribution in [0.25, 0.3) is 0 Å². The van der Waals surface area contributed by atoms with E-state index < -0.39 is 0 Å². The van der Waals surface area contributed by atoms with Gasteiger partial charge in [-0.2, -0.15) is 5.10 Å². The van der Waals surface area contributed by atoms with Crippen molar-refractivity contribution in [3.8, 4) is 0 Å². The second-order valence-corrected chi connectivity index (χ2v) is 6.12. The van der Waals surface area contributed by atoms with E-state index in [1.165, 1.54) is 5.56 Å². The quantitative estimate of drug-likeness (QED) is 0.601. The van der Waals surface area contributed by atoms with Crippen molar-refractivity contribution < 1.29 is 9.59 Å². The Morgan fingerprint density at radius 3 is 2.44 bits per heavy atom. The van der Waals surface area contributed by atoms with Crippen molar-refractivity contribution in [1.29, 1.82) is 0 Å². The van der Waals surface area contributed by atoms with E-state index in [0.29, 0.717) is 11.3 Å². The van der Waals surface area contributed by atoms with Crippen LogP contribution in [0.1, 0.15) is 35.2 Å². The first-order valence-corrected chi connectivity index (χ1v) is 8.49. The van der Waals surface area contributed by atoms with Crippen molar-refractivity contribution in [2.24, 2.45) is 11.0 Å². The van der Waals surface area contributed by atoms with Gasteiger partial charge < -0.3 is 5.32 Å². The summed E-state index contributed by atoms with van der Waals surface area (Å²) in [6.07, 6.45) is 5.28. The minimum atomic E-state index is -0.268. The van der Waals surface area contributed by atoms with Crippen molar-refractivity contribution in [3.05, 3.63) is 65.7 Å². The molecule has 0 heterocycles. The Morgan fingerprint density at radius 2 is 1.76 bits per heavy atom. The van der Waals surface area contributed by atoms with Gasteiger partial charge in [-0.15, -0.1) is 0 Å². The lowest BCUT2D eigenvalue weighted by Crippen LogP contribution is -2.18. The van der Waals surface area contributed by atoms with Gasteiger partial charge in [0.2, 0.25) is 5.91 Å². The van der Waals surface area contributed by atoms with Gasteiger partial charge >= 0.3 is 0 Å². The Labute approximate surface area is 147 Å². The second-order valence-electron chi connectivity index (χ2n) is 6.12. The monoisotopic (exact) mass is 335 g/mol. The van der Waals surface area contributed by atoms with E-state index in [2.05, 4.69) is 28.0 Å². The topological polar surface area (TPSA) is 70.6 Å². The van der Waals surface area contributed by atoms with E-state index in [4.69, 9.17) is 0 Å². The van der Waals surface area contributed by atoms with Crippen LogP contribution in [0.5, 0.6) is 0 Å². The van der Waals surface area contributed by atoms with E-state index in [9.17, 15) is 9.59 Å². The first kappa shape index (κ1) is 16.9. The van der Waals surface area contributed by atoms with E-state index in [1.54, 1.807) is 30.5 Å². The fraction of sp³-hybridized carbons (Fsp3) is 0.250. The van der Waals surface area contributed by atoms with Crippen LogP contribution >= 0.6 is 0 Å². The third-order valence-electron chi connectivity index (χ3n) is 4.03. The van der Waals surface area contributed by atoms with Gasteiger partial charge in [-0.05, 0) is 55.5 Å². The molecule has 1 aliphatic rings. The molecule has 3 rings (SSSR count). The van der Waals surface area contributed by atoms with Gasteiger partial charge in [-0.3, -0.25) is 9.59 Å². The molecule has 128 valence electrons. The number of nitrogens with zero attached hydrogens (tertiary/aromatic N) is 1. The Kier molecular flexibility index (Phi) is 5.57. The highest BCUT2D eigenvalue weighted by atomic mass is 16.2. The Balaban J connectivity index is 1.42. The van der Waals surface area contributed by atoms with E-state index >= 15 is 0 Å². The fourth-order valence-corrected chi connectivity index (χ4v) is 2.40. The molecule has 1 saturated carbocycles. The number of amides is 2. The molecule has 0 saturated heterocycles. The minimum absolute atomic E-state index is 0.0558. The van der Waals surface area contributed by atoms with Crippen molar-refractivity contribution >= 4 is 23.7 Å². The molecule has 2 N–H and O–H groups in total. The highest BCUT2D eigenvalue weighted by Gasteiger charge is 2.29. The summed E-state index contributed by atoms with van der Waals surface area (Å²) >= 11 is 0. The molecule has 2 aromatic rings. The molecule has 1 aliphatic carbocycles. The SMILES string of the molecule is O=C(N/N=C/CCc1ccccc1)c1ccc(NC(=O)C2CC2)cc1. The lowest BCUT2D eigenvalue weighted by atomic mass is 10.1. The highest BCUT2D eigenvalue weighted by Crippen LogP contribution is 2.30. The van der Waals surface area contributed by atoms with Gasteiger partial charge in [0.1, 0.15) is 0 Å². The molecular weight excluding hydrogens is 314 g/mol. The highest BCUT2D eigenvalue weighted by molar-refractivity contribution is 5.96. The Morgan fingerprint density at radius 1 is 1.04 bits per heavy atom. The van der Waals surface area contributed by atoms with Gasteiger partial charge in [0.15, 0.2) is 0 Å². The maximum Gasteiger partial charge on any atom is 0.271 e. The minimum Gasteiger partial charge on any atom is -0.326 e. The summed E-state index contributed by atoms with van der Waals surface area (Å²) in [5.74, 6) is -0.0514. The van der Waals surface area contributed by atoms with Crippen LogP contribution in [0.2, 0.25) is 0 Å². The third-order valence-corrected chi connectivity index (χ3v) is 4.03. The number of nitrogens with one attached hydrogen (secondary N) is 2. The number of rotatable bonds is 7. The van der Waals surface area contributed by atoms with Crippen LogP contribution in [0.4, 0.5) is 5.69 Å². The molecule has 0 aromatic heterocycles. The molecule has 0 aliphatic heterocycles. The first-order valence-electron chi connectivity index (χ1n) is 8.49. The molecule has 25 heavy (non-hydrogen) atoms. The Bertz CT molecular complexity index is 750. The number of aryl methyl sites for hydroxylation is 1. The van der Waals surface area contributed by atoms with Gasteiger partial charge in [0, 0.05) is 23.4 Å². The third kappa shape index (κ3) is 5.28. The van der Waals surface area contributed by atoms with Crippen LogP contribution in [0, 0.1) is 5.92 Å². The summed E-state index contributed by atoms with van der Waals surface area (Å²) in [6.45, 7) is 0. The summed E-state index contributed by atoms with van der Waals surface area (Å²) in [5.41, 5.74) is 4.97. The number of carbonyl (C=O) groups is 2. The molecule has 0 unspecified atom stereocenters. The molecule has 2 aromatic carbocycles. The van der Waals surface area contributed by atoms with E-state index in [-0.39, 0.29) is 17.7 Å². The standard InChI is InChI=1S/C20H21N3O2/c24-19(16-8-9-16)22-18-12-10-17(11-13-18)20(25)23-21-14-4-7-15-5-2-1-3-6-15/h1-3,5-6,10-14,16H,4,7-9H2,(H,22,24)(H,23,25)/b21-14+. The second kappa shape index (κ2) is 8.24. The average molecular weight is 335 g/mol. The van der Waals surface area contributed by atoms with Crippen molar-refractivity contribution in [3.63, 3.8) is 0 Å². The van der Waals surface area contributed by atoms with Gasteiger partial charge in [0.25, 0.3) is 5.91 Å². The normalized spacial score (nSPS) is 13.6. The number of carbonyl (C=O) groups excluding carboxylic acids is 2. The zero-order valence-electron chi connectivity index (χ0n) is 13.9. The predicted molar refractivity (Wildman–Crippen MR) is 98.5 cm³/mol. The fourth-order valence-electron chi connectivity index (χ4n) is 2.40. The molecule has 0 radical (unpaired) electrons. The van der Waals surface area contributed by atoms with Gasteiger partial charge in [-0.1, -0.05) is 30.3 Å². The van der Waals surface area contributed by atoms with Crippen LogP contribution in [0.3, 0.4) is 0 Å². The maximum absolute atomic E-state index is 12.0. The molecule has 2 amide bonds. The van der Waals surface area contributed by atoms with Crippen LogP contribution in [-0.4, -0.2) is 18.0 Å². The summed E-state index contributed by atoms with van der Waals surface area (Å²) < 4.78 is 0. The molecule has 5 heteroatoms. The summed E-state index contributed by atoms with van der Waals surface area (Å²) in [6, 6.07) is 16.9. The molecule has 1 fully saturated rings. The summed E-state index contributed by atoms with van der Waals surface area (Å²) in [5, 5.41) is 6.82. The lowest BCUT2D eigenvalue weighted by Gasteiger charge is -2.05. The smallest absolute Gasteiger partial charge is 0.271 e. The number of hydrogen-bond acceptors (Lipinski definition) is 3. The van der Waals surface area contributed by atoms with Crippen LogP contribution < -0.4 is 10.7 Å². The predicted octanol–water partition coefficient (Wildman–Crippen LogP) is 3.38. The van der Waals surface area contributed by atoms with Gasteiger partial charge in [-0.25, -0.2) is 5.43 Å². The number of anilines is 1. The molecule has 5 nitrogen and oxygen atoms in total. The molecule has 0 atom stereocenters. The van der Waals surface area contributed by atoms with E-state index in [1.807, 2.05) is 18.2 Å². The summed E-state index contributed by atoms with van der Waals surface area (Å²) in [7, 11) is 0. The molecule has 0 bridgehead atoms. The average Bonchev–Trinajstić information content (AvgIpc) is 3.48. The van der Waals surface area contributed by atoms with Gasteiger partial charge in [0.05, 0.1) is 0 Å². The van der Waals surface area contributed by atoms with E-state index in [0.717, 1.165) is 25.7 Å². The number of hydrogen-bond donors (Lipinski definition) is 2. The number of hydrazone groups is 1. The molecular formula is C20H21N3O2. The number of benzene rings is 2. The van der Waals surface area contributed by atoms with Crippen LogP contribution in [0.15, 0.2) is 59.7 Å². The maximum atomic E-state index is 12.0. The van der Waals surface area contributed by atoms with Crippen molar-refractivity contribution in [2.45, 2.75) is 25.7 Å². The Hall–Kier alpha value is -2.95. The largest absolute Gasteiger partial charge is 0.326 e. The zero-order chi connectivity index (χ0) is 17.5.